The van der Waals surface area contributed by atoms with Gasteiger partial charge < -0.3 is 14.9 Å². The van der Waals surface area contributed by atoms with Gasteiger partial charge in [0.05, 0.1) is 24.9 Å². The summed E-state index contributed by atoms with van der Waals surface area (Å²) >= 11 is 0. The maximum absolute atomic E-state index is 9.31. The van der Waals surface area contributed by atoms with Crippen molar-refractivity contribution in [3.63, 3.8) is 0 Å². The zero-order chi connectivity index (χ0) is 10.3. The summed E-state index contributed by atoms with van der Waals surface area (Å²) in [6.07, 6.45) is 1.48. The number of rotatable bonds is 7. The first kappa shape index (κ1) is 12.9. The number of hydrogen-bond donors (Lipinski definition) is 2. The van der Waals surface area contributed by atoms with Gasteiger partial charge in [0, 0.05) is 0 Å². The van der Waals surface area contributed by atoms with E-state index in [9.17, 15) is 10.2 Å². The Hall–Kier alpha value is -0.120. The second-order valence-electron chi connectivity index (χ2n) is 3.50. The van der Waals surface area contributed by atoms with Gasteiger partial charge in [0.2, 0.25) is 0 Å². The molecule has 0 fully saturated rings. The molecule has 3 nitrogen and oxygen atoms in total. The summed E-state index contributed by atoms with van der Waals surface area (Å²) in [5, 5.41) is 18.5. The van der Waals surface area contributed by atoms with Gasteiger partial charge in [-0.05, 0) is 26.2 Å². The van der Waals surface area contributed by atoms with Crippen molar-refractivity contribution < 1.29 is 14.9 Å². The highest BCUT2D eigenvalue weighted by Gasteiger charge is 2.10. The van der Waals surface area contributed by atoms with Gasteiger partial charge in [0.25, 0.3) is 0 Å². The molecule has 80 valence electrons. The normalized spacial score (nSPS) is 18.2. The fourth-order valence-corrected chi connectivity index (χ4v) is 1.01. The first-order valence-electron chi connectivity index (χ1n) is 5.07. The van der Waals surface area contributed by atoms with Crippen LogP contribution >= 0.6 is 0 Å². The fourth-order valence-electron chi connectivity index (χ4n) is 1.01. The van der Waals surface area contributed by atoms with Crippen LogP contribution in [0.15, 0.2) is 0 Å². The monoisotopic (exact) mass is 190 g/mol. The minimum Gasteiger partial charge on any atom is -0.393 e. The van der Waals surface area contributed by atoms with E-state index in [1.54, 1.807) is 0 Å². The van der Waals surface area contributed by atoms with Crippen molar-refractivity contribution in [1.82, 2.24) is 0 Å². The van der Waals surface area contributed by atoms with Gasteiger partial charge >= 0.3 is 0 Å². The summed E-state index contributed by atoms with van der Waals surface area (Å²) in [5.41, 5.74) is 0. The molecule has 2 N–H and O–H groups in total. The summed E-state index contributed by atoms with van der Waals surface area (Å²) in [6, 6.07) is 0. The lowest BCUT2D eigenvalue weighted by Gasteiger charge is -2.17. The van der Waals surface area contributed by atoms with E-state index in [0.717, 1.165) is 6.42 Å². The Morgan fingerprint density at radius 2 is 1.62 bits per heavy atom. The Bertz CT molecular complexity index is 117. The predicted molar refractivity (Wildman–Crippen MR) is 52.6 cm³/mol. The van der Waals surface area contributed by atoms with Gasteiger partial charge in [-0.3, -0.25) is 0 Å². The Balaban J connectivity index is 3.45. The SMILES string of the molecule is CCC(O)COC(C)CC(O)CC. The number of hydrogen-bond acceptors (Lipinski definition) is 3. The first-order valence-corrected chi connectivity index (χ1v) is 5.07. The lowest BCUT2D eigenvalue weighted by Crippen LogP contribution is -2.22. The lowest BCUT2D eigenvalue weighted by molar-refractivity contribution is -0.0226. The van der Waals surface area contributed by atoms with Crippen LogP contribution in [0.5, 0.6) is 0 Å². The van der Waals surface area contributed by atoms with Crippen LogP contribution in [0.25, 0.3) is 0 Å². The van der Waals surface area contributed by atoms with E-state index in [-0.39, 0.29) is 18.3 Å². The second kappa shape index (κ2) is 7.30. The maximum atomic E-state index is 9.31. The summed E-state index contributed by atoms with van der Waals surface area (Å²) in [7, 11) is 0. The first-order chi connectivity index (χ1) is 6.10. The van der Waals surface area contributed by atoms with Crippen molar-refractivity contribution in [2.45, 2.75) is 58.3 Å². The molecule has 0 aliphatic heterocycles. The molecule has 0 rings (SSSR count). The molecule has 0 aromatic carbocycles. The van der Waals surface area contributed by atoms with Gasteiger partial charge in [-0.2, -0.15) is 0 Å². The van der Waals surface area contributed by atoms with Crippen LogP contribution in [0.4, 0.5) is 0 Å². The van der Waals surface area contributed by atoms with Crippen LogP contribution in [0.1, 0.15) is 40.0 Å². The van der Waals surface area contributed by atoms with Crippen molar-refractivity contribution in [3.05, 3.63) is 0 Å². The minimum atomic E-state index is -0.374. The van der Waals surface area contributed by atoms with E-state index >= 15 is 0 Å². The van der Waals surface area contributed by atoms with Crippen LogP contribution in [0.2, 0.25) is 0 Å². The third kappa shape index (κ3) is 6.99. The van der Waals surface area contributed by atoms with E-state index in [1.165, 1.54) is 0 Å². The Morgan fingerprint density at radius 1 is 1.08 bits per heavy atom. The molecule has 0 radical (unpaired) electrons. The zero-order valence-electron chi connectivity index (χ0n) is 8.86. The van der Waals surface area contributed by atoms with Crippen LogP contribution in [-0.4, -0.2) is 35.1 Å². The summed E-state index contributed by atoms with van der Waals surface area (Å²) in [6.45, 7) is 6.15. The van der Waals surface area contributed by atoms with E-state index in [2.05, 4.69) is 0 Å². The van der Waals surface area contributed by atoms with Crippen LogP contribution in [0.3, 0.4) is 0 Å². The highest BCUT2D eigenvalue weighted by atomic mass is 16.5. The van der Waals surface area contributed by atoms with Crippen molar-refractivity contribution >= 4 is 0 Å². The molecule has 0 aliphatic rings. The Kier molecular flexibility index (Phi) is 7.23. The summed E-state index contributed by atoms with van der Waals surface area (Å²) in [4.78, 5) is 0. The van der Waals surface area contributed by atoms with Gasteiger partial charge in [-0.1, -0.05) is 13.8 Å². The molecule has 0 heterocycles. The molecule has 13 heavy (non-hydrogen) atoms. The Morgan fingerprint density at radius 3 is 2.08 bits per heavy atom. The zero-order valence-corrected chi connectivity index (χ0v) is 8.86. The van der Waals surface area contributed by atoms with Crippen molar-refractivity contribution in [2.75, 3.05) is 6.61 Å². The van der Waals surface area contributed by atoms with E-state index < -0.39 is 0 Å². The fraction of sp³-hybridized carbons (Fsp3) is 1.00. The highest BCUT2D eigenvalue weighted by molar-refractivity contribution is 4.60. The third-order valence-electron chi connectivity index (χ3n) is 2.12. The number of aliphatic hydroxyl groups is 2. The standard InChI is InChI=1S/C10H22O3/c1-4-9(11)6-8(3)13-7-10(12)5-2/h8-12H,4-7H2,1-3H3. The van der Waals surface area contributed by atoms with Crippen molar-refractivity contribution in [2.24, 2.45) is 0 Å². The third-order valence-corrected chi connectivity index (χ3v) is 2.12. The maximum Gasteiger partial charge on any atom is 0.0771 e. The second-order valence-corrected chi connectivity index (χ2v) is 3.50. The molecule has 0 amide bonds. The molecule has 0 aromatic heterocycles. The number of aliphatic hydroxyl groups excluding tert-OH is 2. The molecule has 0 saturated carbocycles. The smallest absolute Gasteiger partial charge is 0.0771 e. The van der Waals surface area contributed by atoms with Crippen LogP contribution in [0, 0.1) is 0 Å². The van der Waals surface area contributed by atoms with E-state index in [4.69, 9.17) is 4.74 Å². The predicted octanol–water partition coefficient (Wildman–Crippen LogP) is 1.32. The van der Waals surface area contributed by atoms with Crippen molar-refractivity contribution in [1.29, 1.82) is 0 Å². The van der Waals surface area contributed by atoms with Crippen LogP contribution < -0.4 is 0 Å². The molecule has 0 saturated heterocycles. The average molecular weight is 190 g/mol. The molecule has 3 heteroatoms. The van der Waals surface area contributed by atoms with E-state index in [1.807, 2.05) is 20.8 Å². The summed E-state index contributed by atoms with van der Waals surface area (Å²) < 4.78 is 5.36. The molecule has 3 unspecified atom stereocenters. The highest BCUT2D eigenvalue weighted by Crippen LogP contribution is 2.06. The summed E-state index contributed by atoms with van der Waals surface area (Å²) in [5.74, 6) is 0. The van der Waals surface area contributed by atoms with E-state index in [0.29, 0.717) is 19.4 Å². The average Bonchev–Trinajstić information content (AvgIpc) is 2.13. The lowest BCUT2D eigenvalue weighted by atomic mass is 10.1. The largest absolute Gasteiger partial charge is 0.393 e. The molecular weight excluding hydrogens is 168 g/mol. The van der Waals surface area contributed by atoms with Gasteiger partial charge in [-0.25, -0.2) is 0 Å². The van der Waals surface area contributed by atoms with Crippen molar-refractivity contribution in [3.8, 4) is 0 Å². The van der Waals surface area contributed by atoms with Gasteiger partial charge in [0.1, 0.15) is 0 Å². The molecular formula is C10H22O3. The number of ether oxygens (including phenoxy) is 1. The Labute approximate surface area is 80.7 Å². The van der Waals surface area contributed by atoms with Gasteiger partial charge in [-0.15, -0.1) is 0 Å². The molecule has 3 atom stereocenters. The molecule has 0 bridgehead atoms. The molecule has 0 aliphatic carbocycles. The quantitative estimate of drug-likeness (QED) is 0.636. The topological polar surface area (TPSA) is 49.7 Å². The minimum absolute atomic E-state index is 0.0242. The van der Waals surface area contributed by atoms with Gasteiger partial charge in [0.15, 0.2) is 0 Å². The molecule has 0 spiro atoms. The van der Waals surface area contributed by atoms with Crippen LogP contribution in [-0.2, 0) is 4.74 Å². The molecule has 0 aromatic rings.